The van der Waals surface area contributed by atoms with Crippen molar-refractivity contribution in [2.24, 2.45) is 0 Å². The van der Waals surface area contributed by atoms with Crippen LogP contribution in [0.2, 0.25) is 0 Å². The summed E-state index contributed by atoms with van der Waals surface area (Å²) >= 11 is 0. The molecule has 0 saturated carbocycles. The van der Waals surface area contributed by atoms with Crippen LogP contribution >= 0.6 is 12.4 Å². The van der Waals surface area contributed by atoms with Crippen LogP contribution in [0.1, 0.15) is 6.42 Å². The van der Waals surface area contributed by atoms with Crippen LogP contribution < -0.4 is 10.1 Å². The third-order valence-corrected chi connectivity index (χ3v) is 4.85. The van der Waals surface area contributed by atoms with Gasteiger partial charge in [0, 0.05) is 26.4 Å². The number of ether oxygens (including phenoxy) is 2. The third-order valence-electron chi connectivity index (χ3n) is 3.74. The second kappa shape index (κ2) is 9.96. The summed E-state index contributed by atoms with van der Waals surface area (Å²) in [6.07, 6.45) is 1.81. The largest absolute Gasteiger partial charge is 0.493 e. The average molecular weight is 393 g/mol. The number of hydrogen-bond acceptors (Lipinski definition) is 6. The minimum Gasteiger partial charge on any atom is -0.493 e. The minimum atomic E-state index is -3.24. The number of nitrogens with zero attached hydrogens (tertiary/aromatic N) is 1. The predicted octanol–water partition coefficient (Wildman–Crippen LogP) is 0.728. The van der Waals surface area contributed by atoms with Crippen molar-refractivity contribution in [1.29, 1.82) is 0 Å². The van der Waals surface area contributed by atoms with E-state index in [0.717, 1.165) is 6.26 Å². The van der Waals surface area contributed by atoms with Gasteiger partial charge in [0.2, 0.25) is 5.91 Å². The normalized spacial score (nSPS) is 17.4. The standard InChI is InChI=1S/C16H24N2O5S.ClH/c1-18(16(19)15-12-22-10-7-17-15)8-4-9-23-13-5-3-6-14(11-13)24(2,20)21;/h3,5-6,11,15,17H,4,7-10,12H2,1-2H3;1H. The molecule has 2 rings (SSSR count). The van der Waals surface area contributed by atoms with Crippen molar-refractivity contribution in [1.82, 2.24) is 10.2 Å². The molecule has 1 heterocycles. The molecule has 0 radical (unpaired) electrons. The molecule has 1 unspecified atom stereocenters. The molecule has 0 spiro atoms. The molecule has 1 aliphatic rings. The number of amides is 1. The Morgan fingerprint density at radius 1 is 1.44 bits per heavy atom. The van der Waals surface area contributed by atoms with E-state index in [4.69, 9.17) is 9.47 Å². The molecule has 1 atom stereocenters. The van der Waals surface area contributed by atoms with Crippen molar-refractivity contribution in [3.8, 4) is 5.75 Å². The van der Waals surface area contributed by atoms with Crippen molar-refractivity contribution in [3.05, 3.63) is 24.3 Å². The molecule has 1 aliphatic heterocycles. The SMILES string of the molecule is CN(CCCOc1cccc(S(C)(=O)=O)c1)C(=O)C1COCCN1.Cl. The molecule has 0 aromatic heterocycles. The van der Waals surface area contributed by atoms with Crippen LogP contribution in [0.3, 0.4) is 0 Å². The van der Waals surface area contributed by atoms with Gasteiger partial charge in [-0.2, -0.15) is 0 Å². The molecule has 7 nitrogen and oxygen atoms in total. The second-order valence-electron chi connectivity index (χ2n) is 5.79. The van der Waals surface area contributed by atoms with Crippen molar-refractivity contribution in [2.45, 2.75) is 17.4 Å². The fourth-order valence-electron chi connectivity index (χ4n) is 2.39. The molecule has 9 heteroatoms. The van der Waals surface area contributed by atoms with Crippen molar-refractivity contribution in [3.63, 3.8) is 0 Å². The van der Waals surface area contributed by atoms with Crippen LogP contribution in [0.5, 0.6) is 5.75 Å². The number of hydrogen-bond donors (Lipinski definition) is 1. The Morgan fingerprint density at radius 2 is 2.20 bits per heavy atom. The molecule has 1 aromatic rings. The lowest BCUT2D eigenvalue weighted by Crippen LogP contribution is -2.51. The number of sulfone groups is 1. The van der Waals surface area contributed by atoms with Crippen LogP contribution in [-0.4, -0.2) is 71.5 Å². The Morgan fingerprint density at radius 3 is 2.84 bits per heavy atom. The van der Waals surface area contributed by atoms with Crippen LogP contribution in [0.15, 0.2) is 29.2 Å². The van der Waals surface area contributed by atoms with Gasteiger partial charge in [-0.25, -0.2) is 8.42 Å². The minimum absolute atomic E-state index is 0. The zero-order valence-corrected chi connectivity index (χ0v) is 16.1. The van der Waals surface area contributed by atoms with E-state index in [1.165, 1.54) is 12.1 Å². The first kappa shape index (κ1) is 21.7. The summed E-state index contributed by atoms with van der Waals surface area (Å²) < 4.78 is 33.9. The number of benzene rings is 1. The third kappa shape index (κ3) is 6.81. The first-order valence-corrected chi connectivity index (χ1v) is 9.76. The van der Waals surface area contributed by atoms with Gasteiger partial charge in [-0.15, -0.1) is 12.4 Å². The Bertz CT molecular complexity index is 662. The maximum absolute atomic E-state index is 12.2. The Balaban J connectivity index is 0.00000312. The van der Waals surface area contributed by atoms with Gasteiger partial charge in [-0.3, -0.25) is 4.79 Å². The van der Waals surface area contributed by atoms with E-state index in [2.05, 4.69) is 5.32 Å². The first-order chi connectivity index (χ1) is 11.4. The summed E-state index contributed by atoms with van der Waals surface area (Å²) in [5.41, 5.74) is 0. The van der Waals surface area contributed by atoms with E-state index in [1.54, 1.807) is 24.1 Å². The Kier molecular flexibility index (Phi) is 8.64. The maximum atomic E-state index is 12.2. The molecule has 0 bridgehead atoms. The van der Waals surface area contributed by atoms with E-state index in [9.17, 15) is 13.2 Å². The number of morpholine rings is 1. The molecule has 1 saturated heterocycles. The highest BCUT2D eigenvalue weighted by molar-refractivity contribution is 7.90. The summed E-state index contributed by atoms with van der Waals surface area (Å²) in [6, 6.07) is 6.13. The van der Waals surface area contributed by atoms with Gasteiger partial charge < -0.3 is 19.7 Å². The molecule has 0 aliphatic carbocycles. The van der Waals surface area contributed by atoms with Crippen molar-refractivity contribution in [2.75, 3.05) is 46.2 Å². The lowest BCUT2D eigenvalue weighted by molar-refractivity contribution is -0.135. The number of carbonyl (C=O) groups excluding carboxylic acids is 1. The molecular formula is C16H25ClN2O5S. The lowest BCUT2D eigenvalue weighted by Gasteiger charge is -2.27. The fourth-order valence-corrected chi connectivity index (χ4v) is 3.04. The molecule has 1 amide bonds. The van der Waals surface area contributed by atoms with Crippen LogP contribution in [0.25, 0.3) is 0 Å². The van der Waals surface area contributed by atoms with E-state index in [1.807, 2.05) is 0 Å². The van der Waals surface area contributed by atoms with Gasteiger partial charge in [0.1, 0.15) is 11.8 Å². The monoisotopic (exact) mass is 392 g/mol. The summed E-state index contributed by atoms with van der Waals surface area (Å²) in [5, 5.41) is 3.13. The molecule has 1 fully saturated rings. The van der Waals surface area contributed by atoms with Crippen LogP contribution in [-0.2, 0) is 19.4 Å². The van der Waals surface area contributed by atoms with Crippen LogP contribution in [0.4, 0.5) is 0 Å². The van der Waals surface area contributed by atoms with E-state index >= 15 is 0 Å². The molecule has 1 aromatic carbocycles. The number of nitrogens with one attached hydrogen (secondary N) is 1. The Hall–Kier alpha value is -1.35. The summed E-state index contributed by atoms with van der Waals surface area (Å²) in [7, 11) is -1.49. The van der Waals surface area contributed by atoms with Crippen molar-refractivity contribution >= 4 is 28.2 Å². The number of halogens is 1. The van der Waals surface area contributed by atoms with E-state index < -0.39 is 9.84 Å². The highest BCUT2D eigenvalue weighted by Gasteiger charge is 2.23. The van der Waals surface area contributed by atoms with Gasteiger partial charge in [-0.05, 0) is 24.6 Å². The average Bonchev–Trinajstić information content (AvgIpc) is 2.58. The van der Waals surface area contributed by atoms with Crippen LogP contribution in [0, 0.1) is 0 Å². The topological polar surface area (TPSA) is 84.9 Å². The number of rotatable bonds is 7. The van der Waals surface area contributed by atoms with E-state index in [-0.39, 0.29) is 29.3 Å². The number of carbonyl (C=O) groups is 1. The van der Waals surface area contributed by atoms with Gasteiger partial charge in [0.15, 0.2) is 9.84 Å². The molecule has 1 N–H and O–H groups in total. The fraction of sp³-hybridized carbons (Fsp3) is 0.562. The summed E-state index contributed by atoms with van der Waals surface area (Å²) in [4.78, 5) is 14.1. The molecule has 25 heavy (non-hydrogen) atoms. The maximum Gasteiger partial charge on any atom is 0.241 e. The first-order valence-electron chi connectivity index (χ1n) is 7.87. The zero-order valence-electron chi connectivity index (χ0n) is 14.4. The zero-order chi connectivity index (χ0) is 17.6. The Labute approximate surface area is 155 Å². The summed E-state index contributed by atoms with van der Waals surface area (Å²) in [5.74, 6) is 0.517. The van der Waals surface area contributed by atoms with Crippen molar-refractivity contribution < 1.29 is 22.7 Å². The molecular weight excluding hydrogens is 368 g/mol. The van der Waals surface area contributed by atoms with Gasteiger partial charge in [0.05, 0.1) is 24.7 Å². The predicted molar refractivity (Wildman–Crippen MR) is 97.2 cm³/mol. The molecule has 142 valence electrons. The number of likely N-dealkylation sites (N-methyl/N-ethyl adjacent to an activating group) is 1. The quantitative estimate of drug-likeness (QED) is 0.688. The highest BCUT2D eigenvalue weighted by atomic mass is 35.5. The van der Waals surface area contributed by atoms with E-state index in [0.29, 0.717) is 45.1 Å². The highest BCUT2D eigenvalue weighted by Crippen LogP contribution is 2.17. The smallest absolute Gasteiger partial charge is 0.241 e. The van der Waals surface area contributed by atoms with Gasteiger partial charge >= 0.3 is 0 Å². The summed E-state index contributed by atoms with van der Waals surface area (Å²) in [6.45, 7) is 2.68. The van der Waals surface area contributed by atoms with Gasteiger partial charge in [-0.1, -0.05) is 6.07 Å². The second-order valence-corrected chi connectivity index (χ2v) is 7.81. The lowest BCUT2D eigenvalue weighted by atomic mass is 10.2. The van der Waals surface area contributed by atoms with Gasteiger partial charge in [0.25, 0.3) is 0 Å².